The molecule has 0 unspecified atom stereocenters. The molecule has 0 bridgehead atoms. The first kappa shape index (κ1) is 12.1. The molecule has 1 aliphatic rings. The second-order valence-corrected chi connectivity index (χ2v) is 4.49. The summed E-state index contributed by atoms with van der Waals surface area (Å²) in [5.74, 6) is 0.597. The predicted octanol–water partition coefficient (Wildman–Crippen LogP) is 2.19. The van der Waals surface area contributed by atoms with Gasteiger partial charge in [0.25, 0.3) is 0 Å². The monoisotopic (exact) mass is 209 g/mol. The van der Waals surface area contributed by atoms with Gasteiger partial charge in [0.05, 0.1) is 6.54 Å². The SMILES string of the molecule is CC(C)=CCN=C(N)NC1CCCCC1. The number of nitrogens with two attached hydrogens (primary N) is 1. The van der Waals surface area contributed by atoms with Gasteiger partial charge in [-0.15, -0.1) is 0 Å². The summed E-state index contributed by atoms with van der Waals surface area (Å²) in [7, 11) is 0. The summed E-state index contributed by atoms with van der Waals surface area (Å²) >= 11 is 0. The second kappa shape index (κ2) is 6.49. The van der Waals surface area contributed by atoms with E-state index in [0.29, 0.717) is 18.5 Å². The summed E-state index contributed by atoms with van der Waals surface area (Å²) < 4.78 is 0. The van der Waals surface area contributed by atoms with Crippen LogP contribution in [-0.2, 0) is 0 Å². The molecular formula is C12H23N3. The molecule has 0 radical (unpaired) electrons. The van der Waals surface area contributed by atoms with Crippen molar-refractivity contribution in [3.63, 3.8) is 0 Å². The number of allylic oxidation sites excluding steroid dienone is 1. The molecule has 0 heterocycles. The molecule has 0 amide bonds. The van der Waals surface area contributed by atoms with Crippen molar-refractivity contribution in [1.29, 1.82) is 0 Å². The van der Waals surface area contributed by atoms with Gasteiger partial charge in [0.15, 0.2) is 5.96 Å². The Morgan fingerprint density at radius 1 is 1.33 bits per heavy atom. The minimum absolute atomic E-state index is 0.550. The molecule has 0 spiro atoms. The molecule has 3 heteroatoms. The molecule has 3 N–H and O–H groups in total. The predicted molar refractivity (Wildman–Crippen MR) is 65.9 cm³/mol. The minimum Gasteiger partial charge on any atom is -0.370 e. The third kappa shape index (κ3) is 5.45. The number of hydrogen-bond acceptors (Lipinski definition) is 1. The lowest BCUT2D eigenvalue weighted by Crippen LogP contribution is -2.41. The molecule has 1 saturated carbocycles. The van der Waals surface area contributed by atoms with Gasteiger partial charge in [-0.05, 0) is 26.7 Å². The maximum atomic E-state index is 5.80. The molecule has 0 saturated heterocycles. The molecule has 0 aromatic rings. The summed E-state index contributed by atoms with van der Waals surface area (Å²) in [4.78, 5) is 4.27. The third-order valence-corrected chi connectivity index (χ3v) is 2.72. The molecule has 3 nitrogen and oxygen atoms in total. The Bertz CT molecular complexity index is 233. The number of aliphatic imine (C=N–C) groups is 1. The molecular weight excluding hydrogens is 186 g/mol. The van der Waals surface area contributed by atoms with Crippen LogP contribution >= 0.6 is 0 Å². The van der Waals surface area contributed by atoms with Crippen LogP contribution in [0.4, 0.5) is 0 Å². The molecule has 1 aliphatic carbocycles. The Morgan fingerprint density at radius 3 is 2.60 bits per heavy atom. The first-order valence-electron chi connectivity index (χ1n) is 5.88. The number of rotatable bonds is 3. The van der Waals surface area contributed by atoms with Crippen molar-refractivity contribution in [2.45, 2.75) is 52.0 Å². The van der Waals surface area contributed by atoms with Gasteiger partial charge in [-0.1, -0.05) is 30.9 Å². The van der Waals surface area contributed by atoms with Gasteiger partial charge in [-0.25, -0.2) is 4.99 Å². The molecule has 15 heavy (non-hydrogen) atoms. The number of hydrogen-bond donors (Lipinski definition) is 2. The fourth-order valence-electron chi connectivity index (χ4n) is 1.83. The van der Waals surface area contributed by atoms with E-state index >= 15 is 0 Å². The Hall–Kier alpha value is -0.990. The quantitative estimate of drug-likeness (QED) is 0.425. The molecule has 0 atom stereocenters. The highest BCUT2D eigenvalue weighted by molar-refractivity contribution is 5.78. The topological polar surface area (TPSA) is 50.4 Å². The zero-order valence-corrected chi connectivity index (χ0v) is 9.92. The second-order valence-electron chi connectivity index (χ2n) is 4.49. The van der Waals surface area contributed by atoms with Crippen LogP contribution in [0.1, 0.15) is 46.0 Å². The van der Waals surface area contributed by atoms with Crippen LogP contribution in [-0.4, -0.2) is 18.5 Å². The smallest absolute Gasteiger partial charge is 0.189 e. The van der Waals surface area contributed by atoms with Gasteiger partial charge in [0.2, 0.25) is 0 Å². The van der Waals surface area contributed by atoms with Crippen LogP contribution in [0.25, 0.3) is 0 Å². The maximum absolute atomic E-state index is 5.80. The lowest BCUT2D eigenvalue weighted by molar-refractivity contribution is 0.412. The highest BCUT2D eigenvalue weighted by Crippen LogP contribution is 2.16. The Balaban J connectivity index is 2.27. The van der Waals surface area contributed by atoms with Crippen molar-refractivity contribution in [3.05, 3.63) is 11.6 Å². The van der Waals surface area contributed by atoms with E-state index in [2.05, 4.69) is 30.2 Å². The van der Waals surface area contributed by atoms with Gasteiger partial charge in [0.1, 0.15) is 0 Å². The Kier molecular flexibility index (Phi) is 5.22. The van der Waals surface area contributed by atoms with E-state index < -0.39 is 0 Å². The van der Waals surface area contributed by atoms with E-state index in [1.165, 1.54) is 37.7 Å². The van der Waals surface area contributed by atoms with Gasteiger partial charge >= 0.3 is 0 Å². The van der Waals surface area contributed by atoms with Crippen LogP contribution in [0.3, 0.4) is 0 Å². The fraction of sp³-hybridized carbons (Fsp3) is 0.750. The van der Waals surface area contributed by atoms with E-state index in [0.717, 1.165) is 0 Å². The first-order valence-corrected chi connectivity index (χ1v) is 5.88. The molecule has 0 aromatic heterocycles. The van der Waals surface area contributed by atoms with E-state index in [1.54, 1.807) is 0 Å². The highest BCUT2D eigenvalue weighted by Gasteiger charge is 2.12. The maximum Gasteiger partial charge on any atom is 0.189 e. The lowest BCUT2D eigenvalue weighted by Gasteiger charge is -2.23. The van der Waals surface area contributed by atoms with Crippen molar-refractivity contribution in [2.24, 2.45) is 10.7 Å². The molecule has 1 fully saturated rings. The van der Waals surface area contributed by atoms with Crippen LogP contribution < -0.4 is 11.1 Å². The van der Waals surface area contributed by atoms with E-state index in [-0.39, 0.29) is 0 Å². The van der Waals surface area contributed by atoms with Crippen molar-refractivity contribution in [1.82, 2.24) is 5.32 Å². The standard InChI is InChI=1S/C12H23N3/c1-10(2)8-9-14-12(13)15-11-6-4-3-5-7-11/h8,11H,3-7,9H2,1-2H3,(H3,13,14,15). The largest absolute Gasteiger partial charge is 0.370 e. The Morgan fingerprint density at radius 2 is 2.00 bits per heavy atom. The molecule has 86 valence electrons. The number of guanidine groups is 1. The summed E-state index contributed by atoms with van der Waals surface area (Å²) in [6.45, 7) is 4.83. The van der Waals surface area contributed by atoms with Gasteiger partial charge in [-0.2, -0.15) is 0 Å². The van der Waals surface area contributed by atoms with E-state index in [4.69, 9.17) is 5.73 Å². The average molecular weight is 209 g/mol. The summed E-state index contributed by atoms with van der Waals surface area (Å²) in [6.07, 6.45) is 8.55. The lowest BCUT2D eigenvalue weighted by atomic mass is 9.96. The normalized spacial score (nSPS) is 18.7. The number of nitrogens with one attached hydrogen (secondary N) is 1. The minimum atomic E-state index is 0.550. The van der Waals surface area contributed by atoms with Crippen LogP contribution in [0.2, 0.25) is 0 Å². The number of nitrogens with zero attached hydrogens (tertiary/aromatic N) is 1. The van der Waals surface area contributed by atoms with E-state index in [1.807, 2.05) is 0 Å². The van der Waals surface area contributed by atoms with Crippen LogP contribution in [0, 0.1) is 0 Å². The van der Waals surface area contributed by atoms with Crippen LogP contribution in [0.5, 0.6) is 0 Å². The highest BCUT2D eigenvalue weighted by atomic mass is 15.1. The van der Waals surface area contributed by atoms with Gasteiger partial charge in [0, 0.05) is 6.04 Å². The van der Waals surface area contributed by atoms with Crippen molar-refractivity contribution in [2.75, 3.05) is 6.54 Å². The van der Waals surface area contributed by atoms with Gasteiger partial charge < -0.3 is 11.1 Å². The Labute approximate surface area is 92.8 Å². The fourth-order valence-corrected chi connectivity index (χ4v) is 1.83. The van der Waals surface area contributed by atoms with Crippen molar-refractivity contribution in [3.8, 4) is 0 Å². The van der Waals surface area contributed by atoms with Crippen molar-refractivity contribution < 1.29 is 0 Å². The summed E-state index contributed by atoms with van der Waals surface area (Å²) in [5.41, 5.74) is 7.08. The molecule has 1 rings (SSSR count). The van der Waals surface area contributed by atoms with Crippen molar-refractivity contribution >= 4 is 5.96 Å². The zero-order valence-electron chi connectivity index (χ0n) is 9.92. The average Bonchev–Trinajstić information content (AvgIpc) is 2.18. The molecule has 0 aromatic carbocycles. The zero-order chi connectivity index (χ0) is 11.1. The summed E-state index contributed by atoms with van der Waals surface area (Å²) in [5, 5.41) is 3.29. The first-order chi connectivity index (χ1) is 7.18. The third-order valence-electron chi connectivity index (χ3n) is 2.72. The van der Waals surface area contributed by atoms with E-state index in [9.17, 15) is 0 Å². The van der Waals surface area contributed by atoms with Crippen LogP contribution in [0.15, 0.2) is 16.6 Å². The summed E-state index contributed by atoms with van der Waals surface area (Å²) in [6, 6.07) is 0.550. The van der Waals surface area contributed by atoms with Gasteiger partial charge in [-0.3, -0.25) is 0 Å². The molecule has 0 aliphatic heterocycles.